The number of aryl methyl sites for hydroxylation is 1. The van der Waals surface area contributed by atoms with E-state index in [0.717, 1.165) is 11.3 Å². The van der Waals surface area contributed by atoms with Crippen molar-refractivity contribution in [1.29, 1.82) is 0 Å². The molecule has 6 heteroatoms. The maximum absolute atomic E-state index is 11.6. The van der Waals surface area contributed by atoms with Crippen molar-refractivity contribution >= 4 is 11.7 Å². The minimum Gasteiger partial charge on any atom is -0.394 e. The van der Waals surface area contributed by atoms with Crippen molar-refractivity contribution in [2.75, 3.05) is 11.9 Å². The van der Waals surface area contributed by atoms with E-state index >= 15 is 0 Å². The molecule has 1 atom stereocenters. The van der Waals surface area contributed by atoms with Crippen molar-refractivity contribution < 1.29 is 9.90 Å². The van der Waals surface area contributed by atoms with Crippen molar-refractivity contribution in [3.63, 3.8) is 0 Å². The first kappa shape index (κ1) is 14.9. The van der Waals surface area contributed by atoms with Crippen molar-refractivity contribution in [3.8, 4) is 11.4 Å². The van der Waals surface area contributed by atoms with Crippen LogP contribution in [0.1, 0.15) is 12.6 Å². The summed E-state index contributed by atoms with van der Waals surface area (Å²) in [5.41, 5.74) is 2.45. The number of nitrogens with zero attached hydrogens (tertiary/aromatic N) is 2. The molecule has 0 aliphatic carbocycles. The van der Waals surface area contributed by atoms with E-state index in [-0.39, 0.29) is 18.7 Å². The molecule has 1 unspecified atom stereocenters. The number of carbonyl (C=O) groups excluding carboxylic acids is 1. The van der Waals surface area contributed by atoms with Crippen LogP contribution in [0.5, 0.6) is 0 Å². The highest BCUT2D eigenvalue weighted by Gasteiger charge is 2.06. The van der Waals surface area contributed by atoms with Crippen molar-refractivity contribution in [2.45, 2.75) is 19.9 Å². The lowest BCUT2D eigenvalue weighted by Gasteiger charge is -2.12. The fourth-order valence-electron chi connectivity index (χ4n) is 1.73. The number of aromatic nitrogens is 2. The van der Waals surface area contributed by atoms with Gasteiger partial charge in [0.05, 0.1) is 12.6 Å². The van der Waals surface area contributed by atoms with E-state index in [1.807, 2.05) is 25.1 Å². The normalized spacial score (nSPS) is 11.8. The molecule has 1 heterocycles. The number of carbonyl (C=O) groups is 1. The second kappa shape index (κ2) is 6.81. The zero-order valence-corrected chi connectivity index (χ0v) is 12.0. The summed E-state index contributed by atoms with van der Waals surface area (Å²) in [4.78, 5) is 20.2. The van der Waals surface area contributed by atoms with Crippen LogP contribution in [0.2, 0.25) is 0 Å². The minimum atomic E-state index is -0.351. The third-order valence-corrected chi connectivity index (χ3v) is 2.85. The van der Waals surface area contributed by atoms with Crippen LogP contribution in [0, 0.1) is 6.92 Å². The van der Waals surface area contributed by atoms with Crippen LogP contribution in [0.3, 0.4) is 0 Å². The molecule has 110 valence electrons. The van der Waals surface area contributed by atoms with Gasteiger partial charge in [0.15, 0.2) is 5.82 Å². The Bertz CT molecular complexity index is 613. The van der Waals surface area contributed by atoms with E-state index in [4.69, 9.17) is 5.11 Å². The van der Waals surface area contributed by atoms with Gasteiger partial charge in [-0.15, -0.1) is 0 Å². The zero-order valence-electron chi connectivity index (χ0n) is 12.0. The van der Waals surface area contributed by atoms with E-state index in [0.29, 0.717) is 11.5 Å². The van der Waals surface area contributed by atoms with Crippen LogP contribution in [-0.2, 0) is 0 Å². The second-order valence-electron chi connectivity index (χ2n) is 4.78. The predicted octanol–water partition coefficient (Wildman–Crippen LogP) is 1.95. The van der Waals surface area contributed by atoms with E-state index in [9.17, 15) is 4.79 Å². The Kier molecular flexibility index (Phi) is 4.84. The van der Waals surface area contributed by atoms with Gasteiger partial charge < -0.3 is 15.7 Å². The molecule has 2 amide bonds. The third kappa shape index (κ3) is 4.25. The molecule has 0 saturated heterocycles. The van der Waals surface area contributed by atoms with Crippen LogP contribution in [-0.4, -0.2) is 33.8 Å². The van der Waals surface area contributed by atoms with E-state index in [1.165, 1.54) is 0 Å². The molecular formula is C15H18N4O2. The number of anilines is 1. The molecule has 0 aliphatic rings. The van der Waals surface area contributed by atoms with Crippen molar-refractivity contribution in [3.05, 3.63) is 42.2 Å². The average Bonchev–Trinajstić information content (AvgIpc) is 2.47. The molecule has 3 N–H and O–H groups in total. The Balaban J connectivity index is 2.04. The van der Waals surface area contributed by atoms with Crippen LogP contribution < -0.4 is 10.6 Å². The Labute approximate surface area is 123 Å². The quantitative estimate of drug-likeness (QED) is 0.801. The Morgan fingerprint density at radius 2 is 2.00 bits per heavy atom. The topological polar surface area (TPSA) is 87.1 Å². The van der Waals surface area contributed by atoms with Crippen LogP contribution in [0.4, 0.5) is 10.5 Å². The van der Waals surface area contributed by atoms with Gasteiger partial charge in [-0.25, -0.2) is 14.8 Å². The Hall–Kier alpha value is -2.47. The number of benzene rings is 1. The maximum atomic E-state index is 11.6. The summed E-state index contributed by atoms with van der Waals surface area (Å²) in [7, 11) is 0. The molecule has 6 nitrogen and oxygen atoms in total. The maximum Gasteiger partial charge on any atom is 0.319 e. The first-order valence-electron chi connectivity index (χ1n) is 6.67. The smallest absolute Gasteiger partial charge is 0.319 e. The first-order chi connectivity index (χ1) is 10.1. The van der Waals surface area contributed by atoms with Gasteiger partial charge in [-0.1, -0.05) is 0 Å². The summed E-state index contributed by atoms with van der Waals surface area (Å²) >= 11 is 0. The van der Waals surface area contributed by atoms with Gasteiger partial charge in [-0.2, -0.15) is 0 Å². The lowest BCUT2D eigenvalue weighted by Crippen LogP contribution is -2.38. The molecule has 1 aromatic carbocycles. The van der Waals surface area contributed by atoms with Crippen molar-refractivity contribution in [1.82, 2.24) is 15.3 Å². The summed E-state index contributed by atoms with van der Waals surface area (Å²) < 4.78 is 0. The number of hydrogen-bond donors (Lipinski definition) is 3. The monoisotopic (exact) mass is 286 g/mol. The molecule has 21 heavy (non-hydrogen) atoms. The number of amides is 2. The zero-order chi connectivity index (χ0) is 15.2. The Morgan fingerprint density at radius 1 is 1.29 bits per heavy atom. The first-order valence-corrected chi connectivity index (χ1v) is 6.67. The van der Waals surface area contributed by atoms with E-state index < -0.39 is 0 Å². The van der Waals surface area contributed by atoms with Crippen molar-refractivity contribution in [2.24, 2.45) is 0 Å². The van der Waals surface area contributed by atoms with Gasteiger partial charge in [0.1, 0.15) is 0 Å². The second-order valence-corrected chi connectivity index (χ2v) is 4.78. The summed E-state index contributed by atoms with van der Waals surface area (Å²) in [6.07, 6.45) is 1.72. The number of nitrogens with one attached hydrogen (secondary N) is 2. The van der Waals surface area contributed by atoms with E-state index in [1.54, 1.807) is 25.3 Å². The van der Waals surface area contributed by atoms with E-state index in [2.05, 4.69) is 20.6 Å². The fourth-order valence-corrected chi connectivity index (χ4v) is 1.73. The number of aliphatic hydroxyl groups is 1. The van der Waals surface area contributed by atoms with Gasteiger partial charge in [-0.3, -0.25) is 0 Å². The summed E-state index contributed by atoms with van der Waals surface area (Å²) in [5, 5.41) is 14.2. The van der Waals surface area contributed by atoms with Gasteiger partial charge in [-0.05, 0) is 44.2 Å². The molecule has 2 rings (SSSR count). The average molecular weight is 286 g/mol. The molecule has 0 radical (unpaired) electrons. The van der Waals surface area contributed by atoms with Gasteiger partial charge >= 0.3 is 6.03 Å². The highest BCUT2D eigenvalue weighted by atomic mass is 16.3. The largest absolute Gasteiger partial charge is 0.394 e. The number of rotatable bonds is 4. The molecule has 2 aromatic rings. The standard InChI is InChI=1S/C15H18N4O2/c1-10-7-8-16-14(17-10)12-3-5-13(6-4-12)19-15(21)18-11(2)9-20/h3-8,11,20H,9H2,1-2H3,(H2,18,19,21). The highest BCUT2D eigenvalue weighted by molar-refractivity contribution is 5.89. The van der Waals surface area contributed by atoms with Crippen LogP contribution >= 0.6 is 0 Å². The molecular weight excluding hydrogens is 268 g/mol. The number of urea groups is 1. The Morgan fingerprint density at radius 3 is 2.62 bits per heavy atom. The third-order valence-electron chi connectivity index (χ3n) is 2.85. The fraction of sp³-hybridized carbons (Fsp3) is 0.267. The highest BCUT2D eigenvalue weighted by Crippen LogP contribution is 2.17. The molecule has 0 saturated carbocycles. The molecule has 0 spiro atoms. The SMILES string of the molecule is Cc1ccnc(-c2ccc(NC(=O)NC(C)CO)cc2)n1. The van der Waals surface area contributed by atoms with Gasteiger partial charge in [0, 0.05) is 23.1 Å². The van der Waals surface area contributed by atoms with Gasteiger partial charge in [0.25, 0.3) is 0 Å². The molecule has 0 aliphatic heterocycles. The van der Waals surface area contributed by atoms with Crippen LogP contribution in [0.25, 0.3) is 11.4 Å². The number of hydrogen-bond acceptors (Lipinski definition) is 4. The van der Waals surface area contributed by atoms with Gasteiger partial charge in [0.2, 0.25) is 0 Å². The molecule has 0 fully saturated rings. The lowest BCUT2D eigenvalue weighted by atomic mass is 10.2. The number of aliphatic hydroxyl groups excluding tert-OH is 1. The molecule has 1 aromatic heterocycles. The molecule has 0 bridgehead atoms. The lowest BCUT2D eigenvalue weighted by molar-refractivity contribution is 0.229. The summed E-state index contributed by atoms with van der Waals surface area (Å²) in [6.45, 7) is 3.53. The van der Waals surface area contributed by atoms with Crippen LogP contribution in [0.15, 0.2) is 36.5 Å². The minimum absolute atomic E-state index is 0.100. The summed E-state index contributed by atoms with van der Waals surface area (Å²) in [5.74, 6) is 0.653. The summed E-state index contributed by atoms with van der Waals surface area (Å²) in [6, 6.07) is 8.46. The predicted molar refractivity (Wildman–Crippen MR) is 80.9 cm³/mol.